The van der Waals surface area contributed by atoms with Gasteiger partial charge < -0.3 is 15.4 Å². The standard InChI is InChI=1S/C15H19N3O2/c1-17-14-6-3-11-9-12(4-5-13(11)14)20-10-15(19)18-8-2-7-16/h4-5,9,14,17H,2-3,6,8,10H2,1H3,(H,18,19). The van der Waals surface area contributed by atoms with Crippen molar-refractivity contribution in [2.45, 2.75) is 25.3 Å². The molecule has 0 saturated heterocycles. The van der Waals surface area contributed by atoms with Crippen LogP contribution in [0.2, 0.25) is 0 Å². The summed E-state index contributed by atoms with van der Waals surface area (Å²) in [7, 11) is 1.97. The fourth-order valence-electron chi connectivity index (χ4n) is 2.44. The highest BCUT2D eigenvalue weighted by Crippen LogP contribution is 2.33. The van der Waals surface area contributed by atoms with Crippen molar-refractivity contribution < 1.29 is 9.53 Å². The molecule has 1 amide bonds. The first-order valence-electron chi connectivity index (χ1n) is 6.81. The van der Waals surface area contributed by atoms with Gasteiger partial charge in [0.25, 0.3) is 5.91 Å². The van der Waals surface area contributed by atoms with E-state index in [4.69, 9.17) is 10.00 Å². The first-order valence-corrected chi connectivity index (χ1v) is 6.81. The summed E-state index contributed by atoms with van der Waals surface area (Å²) in [5.74, 6) is 0.518. The van der Waals surface area contributed by atoms with Gasteiger partial charge in [0.15, 0.2) is 6.61 Å². The van der Waals surface area contributed by atoms with Crippen LogP contribution in [-0.4, -0.2) is 26.1 Å². The molecule has 0 radical (unpaired) electrons. The van der Waals surface area contributed by atoms with Crippen LogP contribution in [0.1, 0.15) is 30.0 Å². The molecule has 106 valence electrons. The number of nitriles is 1. The molecule has 0 fully saturated rings. The van der Waals surface area contributed by atoms with E-state index in [1.165, 1.54) is 11.1 Å². The lowest BCUT2D eigenvalue weighted by Gasteiger charge is -2.11. The van der Waals surface area contributed by atoms with Gasteiger partial charge in [-0.25, -0.2) is 0 Å². The van der Waals surface area contributed by atoms with E-state index in [0.29, 0.717) is 19.0 Å². The summed E-state index contributed by atoms with van der Waals surface area (Å²) in [4.78, 5) is 11.5. The lowest BCUT2D eigenvalue weighted by atomic mass is 10.1. The second kappa shape index (κ2) is 6.92. The van der Waals surface area contributed by atoms with E-state index in [-0.39, 0.29) is 12.5 Å². The minimum atomic E-state index is -0.200. The first-order chi connectivity index (χ1) is 9.74. The average Bonchev–Trinajstić information content (AvgIpc) is 2.87. The van der Waals surface area contributed by atoms with E-state index >= 15 is 0 Å². The maximum absolute atomic E-state index is 11.5. The Hall–Kier alpha value is -2.06. The van der Waals surface area contributed by atoms with E-state index in [2.05, 4.69) is 16.7 Å². The Bertz CT molecular complexity index is 522. The number of nitrogens with one attached hydrogen (secondary N) is 2. The van der Waals surface area contributed by atoms with E-state index in [0.717, 1.165) is 18.6 Å². The van der Waals surface area contributed by atoms with Crippen LogP contribution < -0.4 is 15.4 Å². The molecule has 1 aliphatic rings. The summed E-state index contributed by atoms with van der Waals surface area (Å²) in [6, 6.07) is 8.37. The molecule has 1 aromatic rings. The molecule has 0 heterocycles. The van der Waals surface area contributed by atoms with Crippen molar-refractivity contribution in [3.8, 4) is 11.8 Å². The molecule has 5 nitrogen and oxygen atoms in total. The van der Waals surface area contributed by atoms with E-state index in [1.54, 1.807) is 0 Å². The summed E-state index contributed by atoms with van der Waals surface area (Å²) in [5, 5.41) is 14.3. The van der Waals surface area contributed by atoms with Crippen LogP contribution in [0.3, 0.4) is 0 Å². The lowest BCUT2D eigenvalue weighted by Crippen LogP contribution is -2.29. The van der Waals surface area contributed by atoms with Gasteiger partial charge in [0.2, 0.25) is 0 Å². The van der Waals surface area contributed by atoms with E-state index < -0.39 is 0 Å². The Labute approximate surface area is 118 Å². The highest BCUT2D eigenvalue weighted by Gasteiger charge is 2.21. The number of fused-ring (bicyclic) bond motifs is 1. The molecule has 0 spiro atoms. The van der Waals surface area contributed by atoms with Gasteiger partial charge in [0, 0.05) is 12.6 Å². The summed E-state index contributed by atoms with van der Waals surface area (Å²) >= 11 is 0. The lowest BCUT2D eigenvalue weighted by molar-refractivity contribution is -0.123. The van der Waals surface area contributed by atoms with Gasteiger partial charge in [-0.2, -0.15) is 5.26 Å². The number of ether oxygens (including phenoxy) is 1. The molecule has 0 bridgehead atoms. The van der Waals surface area contributed by atoms with Gasteiger partial charge in [-0.05, 0) is 43.1 Å². The molecule has 0 saturated carbocycles. The third-order valence-electron chi connectivity index (χ3n) is 3.47. The van der Waals surface area contributed by atoms with Gasteiger partial charge in [0.1, 0.15) is 5.75 Å². The van der Waals surface area contributed by atoms with Crippen LogP contribution in [0.15, 0.2) is 18.2 Å². The number of rotatable bonds is 6. The molecule has 1 aliphatic carbocycles. The summed E-state index contributed by atoms with van der Waals surface area (Å²) in [5.41, 5.74) is 2.60. The number of benzene rings is 1. The van der Waals surface area contributed by atoms with Crippen LogP contribution >= 0.6 is 0 Å². The van der Waals surface area contributed by atoms with Crippen molar-refractivity contribution in [1.82, 2.24) is 10.6 Å². The number of aryl methyl sites for hydroxylation is 1. The fourth-order valence-corrected chi connectivity index (χ4v) is 2.44. The average molecular weight is 273 g/mol. The molecule has 2 rings (SSSR count). The van der Waals surface area contributed by atoms with Crippen molar-refractivity contribution in [1.29, 1.82) is 5.26 Å². The second-order valence-corrected chi connectivity index (χ2v) is 4.79. The van der Waals surface area contributed by atoms with Gasteiger partial charge in [-0.1, -0.05) is 6.07 Å². The van der Waals surface area contributed by atoms with Gasteiger partial charge in [-0.15, -0.1) is 0 Å². The largest absolute Gasteiger partial charge is 0.484 e. The highest BCUT2D eigenvalue weighted by molar-refractivity contribution is 5.77. The maximum atomic E-state index is 11.5. The quantitative estimate of drug-likeness (QED) is 0.766. The normalized spacial score (nSPS) is 16.3. The zero-order valence-corrected chi connectivity index (χ0v) is 11.6. The third kappa shape index (κ3) is 3.49. The van der Waals surface area contributed by atoms with Crippen LogP contribution in [0.4, 0.5) is 0 Å². The molecular formula is C15H19N3O2. The van der Waals surface area contributed by atoms with Crippen molar-refractivity contribution in [3.63, 3.8) is 0 Å². The Balaban J connectivity index is 1.86. The van der Waals surface area contributed by atoms with Crippen molar-refractivity contribution in [3.05, 3.63) is 29.3 Å². The molecule has 1 unspecified atom stereocenters. The number of hydrogen-bond acceptors (Lipinski definition) is 4. The van der Waals surface area contributed by atoms with E-state index in [1.807, 2.05) is 25.2 Å². The predicted octanol–water partition coefficient (Wildman–Crippen LogP) is 1.30. The Morgan fingerprint density at radius 3 is 3.15 bits per heavy atom. The SMILES string of the molecule is CNC1CCc2cc(OCC(=O)NCCC#N)ccc21. The summed E-state index contributed by atoms with van der Waals surface area (Å²) in [6.45, 7) is 0.354. The Morgan fingerprint density at radius 2 is 2.40 bits per heavy atom. The number of amides is 1. The van der Waals surface area contributed by atoms with Gasteiger partial charge in [-0.3, -0.25) is 4.79 Å². The van der Waals surface area contributed by atoms with Crippen molar-refractivity contribution in [2.24, 2.45) is 0 Å². The minimum Gasteiger partial charge on any atom is -0.484 e. The minimum absolute atomic E-state index is 0.0142. The monoisotopic (exact) mass is 273 g/mol. The number of carbonyl (C=O) groups excluding carboxylic acids is 1. The zero-order valence-electron chi connectivity index (χ0n) is 11.6. The number of hydrogen-bond donors (Lipinski definition) is 2. The molecule has 1 aromatic carbocycles. The smallest absolute Gasteiger partial charge is 0.257 e. The number of nitrogens with zero attached hydrogens (tertiary/aromatic N) is 1. The molecule has 2 N–H and O–H groups in total. The molecule has 0 aromatic heterocycles. The highest BCUT2D eigenvalue weighted by atomic mass is 16.5. The van der Waals surface area contributed by atoms with Crippen molar-refractivity contribution in [2.75, 3.05) is 20.2 Å². The molecule has 1 atom stereocenters. The van der Waals surface area contributed by atoms with Crippen LogP contribution in [-0.2, 0) is 11.2 Å². The third-order valence-corrected chi connectivity index (χ3v) is 3.47. The topological polar surface area (TPSA) is 74.2 Å². The molecular weight excluding hydrogens is 254 g/mol. The van der Waals surface area contributed by atoms with Gasteiger partial charge >= 0.3 is 0 Å². The van der Waals surface area contributed by atoms with Crippen molar-refractivity contribution >= 4 is 5.91 Å². The van der Waals surface area contributed by atoms with Gasteiger partial charge in [0.05, 0.1) is 12.5 Å². The van der Waals surface area contributed by atoms with Crippen LogP contribution in [0, 0.1) is 11.3 Å². The number of carbonyl (C=O) groups is 1. The molecule has 0 aliphatic heterocycles. The fraction of sp³-hybridized carbons (Fsp3) is 0.467. The zero-order chi connectivity index (χ0) is 14.4. The van der Waals surface area contributed by atoms with E-state index in [9.17, 15) is 4.79 Å². The first kappa shape index (κ1) is 14.4. The maximum Gasteiger partial charge on any atom is 0.257 e. The van der Waals surface area contributed by atoms with Crippen LogP contribution in [0.5, 0.6) is 5.75 Å². The molecule has 5 heteroatoms. The summed E-state index contributed by atoms with van der Waals surface area (Å²) in [6.07, 6.45) is 2.45. The second-order valence-electron chi connectivity index (χ2n) is 4.79. The Kier molecular flexibility index (Phi) is 4.97. The predicted molar refractivity (Wildman–Crippen MR) is 75.3 cm³/mol. The Morgan fingerprint density at radius 1 is 1.55 bits per heavy atom. The van der Waals surface area contributed by atoms with Crippen LogP contribution in [0.25, 0.3) is 0 Å². The summed E-state index contributed by atoms with van der Waals surface area (Å²) < 4.78 is 5.48. The molecule has 20 heavy (non-hydrogen) atoms.